The van der Waals surface area contributed by atoms with Gasteiger partial charge < -0.3 is 15.2 Å². The molecule has 3 aromatic carbocycles. The van der Waals surface area contributed by atoms with Crippen molar-refractivity contribution in [2.45, 2.75) is 12.3 Å². The molecule has 0 heterocycles. The van der Waals surface area contributed by atoms with E-state index >= 15 is 0 Å². The van der Waals surface area contributed by atoms with Crippen LogP contribution >= 0.6 is 0 Å². The first-order valence-corrected chi connectivity index (χ1v) is 10.9. The normalized spacial score (nSPS) is 12.6. The SMILES string of the molecule is O=C(O)/C=C/c1ccc(C=CCCNC(=O)OCC2c3ccccc3-c3ccccc32)cc1. The summed E-state index contributed by atoms with van der Waals surface area (Å²) in [6.45, 7) is 0.783. The van der Waals surface area contributed by atoms with Crippen molar-refractivity contribution >= 4 is 24.2 Å². The average Bonchev–Trinajstić information content (AvgIpc) is 3.15. The van der Waals surface area contributed by atoms with Gasteiger partial charge in [-0.1, -0.05) is 84.9 Å². The predicted molar refractivity (Wildman–Crippen MR) is 130 cm³/mol. The number of benzene rings is 3. The summed E-state index contributed by atoms with van der Waals surface area (Å²) in [5.41, 5.74) is 6.63. The van der Waals surface area contributed by atoms with Gasteiger partial charge in [-0.25, -0.2) is 9.59 Å². The second-order valence-corrected chi connectivity index (χ2v) is 7.78. The Hall–Kier alpha value is -4.12. The number of aliphatic carboxylic acids is 1. The molecule has 0 saturated carbocycles. The summed E-state index contributed by atoms with van der Waals surface area (Å²) in [5, 5.41) is 11.5. The van der Waals surface area contributed by atoms with Gasteiger partial charge in [0.2, 0.25) is 0 Å². The van der Waals surface area contributed by atoms with E-state index in [4.69, 9.17) is 9.84 Å². The van der Waals surface area contributed by atoms with Crippen LogP contribution in [0.25, 0.3) is 23.3 Å². The van der Waals surface area contributed by atoms with E-state index in [0.717, 1.165) is 17.2 Å². The third-order valence-corrected chi connectivity index (χ3v) is 5.59. The maximum Gasteiger partial charge on any atom is 0.407 e. The number of hydrogen-bond acceptors (Lipinski definition) is 3. The number of carbonyl (C=O) groups excluding carboxylic acids is 1. The minimum Gasteiger partial charge on any atom is -0.478 e. The van der Waals surface area contributed by atoms with Crippen LogP contribution in [0.2, 0.25) is 0 Å². The van der Waals surface area contributed by atoms with Gasteiger partial charge >= 0.3 is 12.1 Å². The standard InChI is InChI=1S/C28H25NO4/c30-27(31)17-16-21-14-12-20(13-15-21)7-5-6-18-29-28(32)33-19-26-24-10-3-1-8-22(24)23-9-2-4-11-25(23)26/h1-5,7-17,26H,6,18-19H2,(H,29,32)(H,30,31)/b7-5?,17-16+. The molecule has 5 heteroatoms. The zero-order valence-corrected chi connectivity index (χ0v) is 18.1. The van der Waals surface area contributed by atoms with Crippen LogP contribution in [-0.2, 0) is 9.53 Å². The number of alkyl carbamates (subject to hydrolysis) is 1. The zero-order chi connectivity index (χ0) is 23.0. The number of carbonyl (C=O) groups is 2. The molecule has 2 N–H and O–H groups in total. The predicted octanol–water partition coefficient (Wildman–Crippen LogP) is 5.73. The van der Waals surface area contributed by atoms with E-state index in [0.29, 0.717) is 19.6 Å². The van der Waals surface area contributed by atoms with Crippen LogP contribution in [-0.4, -0.2) is 30.3 Å². The van der Waals surface area contributed by atoms with Crippen LogP contribution in [0.15, 0.2) is 84.9 Å². The van der Waals surface area contributed by atoms with Gasteiger partial charge in [-0.3, -0.25) is 0 Å². The highest BCUT2D eigenvalue weighted by molar-refractivity contribution is 5.85. The lowest BCUT2D eigenvalue weighted by Crippen LogP contribution is -2.26. The molecule has 0 aliphatic heterocycles. The van der Waals surface area contributed by atoms with Crippen LogP contribution < -0.4 is 5.32 Å². The number of nitrogens with one attached hydrogen (secondary N) is 1. The monoisotopic (exact) mass is 439 g/mol. The Balaban J connectivity index is 1.23. The van der Waals surface area contributed by atoms with Gasteiger partial charge in [-0.2, -0.15) is 0 Å². The second-order valence-electron chi connectivity index (χ2n) is 7.78. The van der Waals surface area contributed by atoms with Gasteiger partial charge in [-0.05, 0) is 45.9 Å². The molecule has 1 amide bonds. The van der Waals surface area contributed by atoms with Crippen molar-refractivity contribution in [3.8, 4) is 11.1 Å². The molecule has 3 aromatic rings. The molecule has 33 heavy (non-hydrogen) atoms. The van der Waals surface area contributed by atoms with Gasteiger partial charge in [0.05, 0.1) is 0 Å². The van der Waals surface area contributed by atoms with Crippen molar-refractivity contribution in [1.82, 2.24) is 5.32 Å². The molecule has 1 aliphatic rings. The number of hydrogen-bond donors (Lipinski definition) is 2. The Bertz CT molecular complexity index is 1150. The summed E-state index contributed by atoms with van der Waals surface area (Å²) in [7, 11) is 0. The average molecular weight is 440 g/mol. The van der Waals surface area contributed by atoms with Crippen LogP contribution in [0, 0.1) is 0 Å². The Morgan fingerprint density at radius 2 is 1.42 bits per heavy atom. The first-order chi connectivity index (χ1) is 16.1. The molecule has 0 fully saturated rings. The molecule has 0 radical (unpaired) electrons. The minimum atomic E-state index is -0.970. The highest BCUT2D eigenvalue weighted by Gasteiger charge is 2.28. The van der Waals surface area contributed by atoms with Gasteiger partial charge in [0.1, 0.15) is 6.61 Å². The fourth-order valence-electron chi connectivity index (χ4n) is 4.01. The van der Waals surface area contributed by atoms with E-state index in [2.05, 4.69) is 29.6 Å². The number of fused-ring (bicyclic) bond motifs is 3. The van der Waals surface area contributed by atoms with Crippen molar-refractivity contribution < 1.29 is 19.4 Å². The van der Waals surface area contributed by atoms with E-state index < -0.39 is 12.1 Å². The third kappa shape index (κ3) is 5.57. The van der Waals surface area contributed by atoms with E-state index in [1.165, 1.54) is 22.3 Å². The first kappa shape index (κ1) is 22.1. The number of rotatable bonds is 8. The number of amides is 1. The summed E-state index contributed by atoms with van der Waals surface area (Å²) in [6, 6.07) is 24.1. The molecule has 0 saturated heterocycles. The Morgan fingerprint density at radius 1 is 0.848 bits per heavy atom. The summed E-state index contributed by atoms with van der Waals surface area (Å²) in [6.07, 6.45) is 6.86. The molecule has 4 rings (SSSR count). The van der Waals surface area contributed by atoms with E-state index in [9.17, 15) is 9.59 Å². The van der Waals surface area contributed by atoms with Gasteiger partial charge in [0, 0.05) is 18.5 Å². The summed E-state index contributed by atoms with van der Waals surface area (Å²) < 4.78 is 5.54. The smallest absolute Gasteiger partial charge is 0.407 e. The molecule has 0 unspecified atom stereocenters. The largest absolute Gasteiger partial charge is 0.478 e. The summed E-state index contributed by atoms with van der Waals surface area (Å²) in [4.78, 5) is 22.8. The first-order valence-electron chi connectivity index (χ1n) is 10.9. The summed E-state index contributed by atoms with van der Waals surface area (Å²) in [5.74, 6) is -0.917. The minimum absolute atomic E-state index is 0.0522. The van der Waals surface area contributed by atoms with Crippen LogP contribution in [0.4, 0.5) is 4.79 Å². The molecule has 1 aliphatic carbocycles. The highest BCUT2D eigenvalue weighted by Crippen LogP contribution is 2.44. The maximum absolute atomic E-state index is 12.2. The fourth-order valence-corrected chi connectivity index (χ4v) is 4.01. The quantitative estimate of drug-likeness (QED) is 0.347. The number of carboxylic acids is 1. The van der Waals surface area contributed by atoms with Crippen molar-refractivity contribution in [3.63, 3.8) is 0 Å². The summed E-state index contributed by atoms with van der Waals surface area (Å²) >= 11 is 0. The highest BCUT2D eigenvalue weighted by atomic mass is 16.5. The van der Waals surface area contributed by atoms with Crippen molar-refractivity contribution in [3.05, 3.63) is 107 Å². The molecule has 0 atom stereocenters. The van der Waals surface area contributed by atoms with Crippen LogP contribution in [0.5, 0.6) is 0 Å². The molecule has 0 aromatic heterocycles. The zero-order valence-electron chi connectivity index (χ0n) is 18.1. The lowest BCUT2D eigenvalue weighted by molar-refractivity contribution is -0.131. The topological polar surface area (TPSA) is 75.6 Å². The van der Waals surface area contributed by atoms with Crippen LogP contribution in [0.1, 0.15) is 34.6 Å². The molecule has 166 valence electrons. The van der Waals surface area contributed by atoms with Gasteiger partial charge in [0.15, 0.2) is 0 Å². The third-order valence-electron chi connectivity index (χ3n) is 5.59. The number of ether oxygens (including phenoxy) is 1. The molecule has 5 nitrogen and oxygen atoms in total. The lowest BCUT2D eigenvalue weighted by Gasteiger charge is -2.14. The van der Waals surface area contributed by atoms with Crippen LogP contribution in [0.3, 0.4) is 0 Å². The van der Waals surface area contributed by atoms with Crippen molar-refractivity contribution in [2.24, 2.45) is 0 Å². The van der Waals surface area contributed by atoms with Crippen molar-refractivity contribution in [2.75, 3.05) is 13.2 Å². The Morgan fingerprint density at radius 3 is 2.03 bits per heavy atom. The molecule has 0 spiro atoms. The van der Waals surface area contributed by atoms with Gasteiger partial charge in [0.25, 0.3) is 0 Å². The molecular formula is C28H25NO4. The number of carboxylic acid groups (broad SMARTS) is 1. The van der Waals surface area contributed by atoms with E-state index in [-0.39, 0.29) is 5.92 Å². The van der Waals surface area contributed by atoms with E-state index in [1.807, 2.05) is 60.7 Å². The maximum atomic E-state index is 12.2. The van der Waals surface area contributed by atoms with E-state index in [1.54, 1.807) is 6.08 Å². The Labute approximate surface area is 193 Å². The lowest BCUT2D eigenvalue weighted by atomic mass is 9.98. The van der Waals surface area contributed by atoms with Crippen molar-refractivity contribution in [1.29, 1.82) is 0 Å². The fraction of sp³-hybridized carbons (Fsp3) is 0.143. The second kappa shape index (κ2) is 10.5. The Kier molecular flexibility index (Phi) is 7.00. The molecule has 0 bridgehead atoms. The van der Waals surface area contributed by atoms with Gasteiger partial charge in [-0.15, -0.1) is 0 Å². The molecular weight excluding hydrogens is 414 g/mol.